The summed E-state index contributed by atoms with van der Waals surface area (Å²) in [5.41, 5.74) is 6.67. The summed E-state index contributed by atoms with van der Waals surface area (Å²) in [6, 6.07) is 0. The average Bonchev–Trinajstić information content (AvgIpc) is 2.32. The molecule has 12 heavy (non-hydrogen) atoms. The van der Waals surface area contributed by atoms with Crippen molar-refractivity contribution in [3.05, 3.63) is 11.8 Å². The summed E-state index contributed by atoms with van der Waals surface area (Å²) in [5.74, 6) is 2.92. The van der Waals surface area contributed by atoms with Crippen molar-refractivity contribution in [2.45, 2.75) is 20.4 Å². The van der Waals surface area contributed by atoms with E-state index in [-0.39, 0.29) is 0 Å². The number of nitrogens with two attached hydrogens (primary N) is 1. The van der Waals surface area contributed by atoms with Crippen LogP contribution in [-0.2, 0) is 6.54 Å². The van der Waals surface area contributed by atoms with Crippen molar-refractivity contribution < 1.29 is 0 Å². The quantitative estimate of drug-likeness (QED) is 0.723. The molecule has 0 amide bonds. The van der Waals surface area contributed by atoms with Gasteiger partial charge >= 0.3 is 0 Å². The second-order valence-electron chi connectivity index (χ2n) is 2.66. The van der Waals surface area contributed by atoms with Crippen molar-refractivity contribution in [2.24, 2.45) is 0 Å². The lowest BCUT2D eigenvalue weighted by Gasteiger charge is -1.98. The second kappa shape index (κ2) is 4.40. The highest BCUT2D eigenvalue weighted by molar-refractivity contribution is 7.99. The summed E-state index contributed by atoms with van der Waals surface area (Å²) in [5, 5.41) is 4.16. The van der Waals surface area contributed by atoms with E-state index in [2.05, 4.69) is 12.0 Å². The molecular weight excluding hydrogens is 170 g/mol. The van der Waals surface area contributed by atoms with Crippen molar-refractivity contribution in [3.8, 4) is 0 Å². The van der Waals surface area contributed by atoms with Gasteiger partial charge in [0.15, 0.2) is 0 Å². The van der Waals surface area contributed by atoms with Crippen molar-refractivity contribution in [2.75, 3.05) is 17.2 Å². The van der Waals surface area contributed by atoms with Gasteiger partial charge in [-0.15, -0.1) is 0 Å². The summed E-state index contributed by atoms with van der Waals surface area (Å²) >= 11 is 1.92. The molecule has 0 aliphatic rings. The van der Waals surface area contributed by atoms with E-state index in [9.17, 15) is 0 Å². The molecule has 0 spiro atoms. The Kier molecular flexibility index (Phi) is 3.47. The van der Waals surface area contributed by atoms with E-state index in [0.29, 0.717) is 5.82 Å². The molecule has 1 heterocycles. The Labute approximate surface area is 77.3 Å². The molecule has 0 radical (unpaired) electrons. The van der Waals surface area contributed by atoms with Gasteiger partial charge < -0.3 is 5.73 Å². The third-order valence-electron chi connectivity index (χ3n) is 1.65. The highest BCUT2D eigenvalue weighted by Gasteiger charge is 1.99. The summed E-state index contributed by atoms with van der Waals surface area (Å²) in [7, 11) is 0. The predicted molar refractivity (Wildman–Crippen MR) is 54.4 cm³/mol. The van der Waals surface area contributed by atoms with E-state index in [1.807, 2.05) is 29.6 Å². The standard InChI is InChI=1S/C8H15N3S/c1-3-12-5-4-11-6-7(2)8(9)10-11/h6H,3-5H2,1-2H3,(H2,9,10). The predicted octanol–water partition coefficient (Wildman–Crippen LogP) is 1.53. The topological polar surface area (TPSA) is 43.8 Å². The zero-order chi connectivity index (χ0) is 8.97. The van der Waals surface area contributed by atoms with Crippen molar-refractivity contribution in [3.63, 3.8) is 0 Å². The van der Waals surface area contributed by atoms with E-state index in [4.69, 9.17) is 5.73 Å². The van der Waals surface area contributed by atoms with Gasteiger partial charge in [-0.3, -0.25) is 4.68 Å². The zero-order valence-electron chi connectivity index (χ0n) is 7.58. The Hall–Kier alpha value is -0.640. The molecule has 0 bridgehead atoms. The molecule has 3 nitrogen and oxygen atoms in total. The molecule has 0 unspecified atom stereocenters. The van der Waals surface area contributed by atoms with E-state index in [0.717, 1.165) is 23.6 Å². The first-order chi connectivity index (χ1) is 5.74. The van der Waals surface area contributed by atoms with Crippen LogP contribution in [0.25, 0.3) is 0 Å². The molecule has 0 atom stereocenters. The number of hydrogen-bond acceptors (Lipinski definition) is 3. The molecule has 1 aromatic rings. The third kappa shape index (κ3) is 2.44. The molecule has 0 aliphatic carbocycles. The molecule has 1 rings (SSSR count). The second-order valence-corrected chi connectivity index (χ2v) is 4.05. The van der Waals surface area contributed by atoms with Crippen molar-refractivity contribution in [1.29, 1.82) is 0 Å². The third-order valence-corrected chi connectivity index (χ3v) is 2.53. The van der Waals surface area contributed by atoms with E-state index < -0.39 is 0 Å². The number of nitrogens with zero attached hydrogens (tertiary/aromatic N) is 2. The summed E-state index contributed by atoms with van der Waals surface area (Å²) < 4.78 is 1.91. The minimum Gasteiger partial charge on any atom is -0.382 e. The molecule has 0 saturated carbocycles. The SMILES string of the molecule is CCSCCn1cc(C)c(N)n1. The summed E-state index contributed by atoms with van der Waals surface area (Å²) in [6.07, 6.45) is 1.99. The fourth-order valence-electron chi connectivity index (χ4n) is 0.953. The van der Waals surface area contributed by atoms with Crippen LogP contribution in [0.15, 0.2) is 6.20 Å². The summed E-state index contributed by atoms with van der Waals surface area (Å²) in [6.45, 7) is 5.09. The van der Waals surface area contributed by atoms with E-state index >= 15 is 0 Å². The number of thioether (sulfide) groups is 1. The Balaban J connectivity index is 2.42. The monoisotopic (exact) mass is 185 g/mol. The van der Waals surface area contributed by atoms with Gasteiger partial charge in [0.2, 0.25) is 0 Å². The molecule has 68 valence electrons. The first-order valence-corrected chi connectivity index (χ1v) is 5.26. The Morgan fingerprint density at radius 1 is 1.67 bits per heavy atom. The Bertz CT molecular complexity index is 225. The minimum atomic E-state index is 0.650. The highest BCUT2D eigenvalue weighted by atomic mass is 32.2. The van der Waals surface area contributed by atoms with E-state index in [1.165, 1.54) is 0 Å². The maximum Gasteiger partial charge on any atom is 0.148 e. The first-order valence-electron chi connectivity index (χ1n) is 4.11. The fourth-order valence-corrected chi connectivity index (χ4v) is 1.56. The molecule has 0 fully saturated rings. The Morgan fingerprint density at radius 2 is 2.42 bits per heavy atom. The van der Waals surface area contributed by atoms with Crippen LogP contribution < -0.4 is 5.73 Å². The fraction of sp³-hybridized carbons (Fsp3) is 0.625. The van der Waals surface area contributed by atoms with Gasteiger partial charge in [-0.1, -0.05) is 6.92 Å². The Morgan fingerprint density at radius 3 is 2.92 bits per heavy atom. The number of aromatic nitrogens is 2. The number of aryl methyl sites for hydroxylation is 2. The van der Waals surface area contributed by atoms with Crippen LogP contribution in [0.5, 0.6) is 0 Å². The van der Waals surface area contributed by atoms with Gasteiger partial charge in [0.25, 0.3) is 0 Å². The van der Waals surface area contributed by atoms with Crippen LogP contribution in [-0.4, -0.2) is 21.3 Å². The van der Waals surface area contributed by atoms with Gasteiger partial charge in [-0.25, -0.2) is 0 Å². The number of anilines is 1. The molecule has 0 aromatic carbocycles. The molecule has 0 aliphatic heterocycles. The van der Waals surface area contributed by atoms with Crippen LogP contribution in [0.2, 0.25) is 0 Å². The van der Waals surface area contributed by atoms with Gasteiger partial charge in [0.1, 0.15) is 5.82 Å². The minimum absolute atomic E-state index is 0.650. The van der Waals surface area contributed by atoms with Gasteiger partial charge in [-0.2, -0.15) is 16.9 Å². The number of rotatable bonds is 4. The number of hydrogen-bond donors (Lipinski definition) is 1. The smallest absolute Gasteiger partial charge is 0.148 e. The lowest BCUT2D eigenvalue weighted by atomic mass is 10.4. The van der Waals surface area contributed by atoms with Crippen LogP contribution in [0.4, 0.5) is 5.82 Å². The maximum absolute atomic E-state index is 5.61. The lowest BCUT2D eigenvalue weighted by Crippen LogP contribution is -2.01. The van der Waals surface area contributed by atoms with Gasteiger partial charge in [-0.05, 0) is 12.7 Å². The first kappa shape index (κ1) is 9.45. The summed E-state index contributed by atoms with van der Waals surface area (Å²) in [4.78, 5) is 0. The largest absolute Gasteiger partial charge is 0.382 e. The molecule has 2 N–H and O–H groups in total. The van der Waals surface area contributed by atoms with Gasteiger partial charge in [0, 0.05) is 17.5 Å². The average molecular weight is 185 g/mol. The molecular formula is C8H15N3S. The van der Waals surface area contributed by atoms with Crippen molar-refractivity contribution in [1.82, 2.24) is 9.78 Å². The van der Waals surface area contributed by atoms with Crippen LogP contribution in [0.1, 0.15) is 12.5 Å². The maximum atomic E-state index is 5.61. The highest BCUT2D eigenvalue weighted by Crippen LogP contribution is 2.07. The van der Waals surface area contributed by atoms with Gasteiger partial charge in [0.05, 0.1) is 6.54 Å². The zero-order valence-corrected chi connectivity index (χ0v) is 8.40. The van der Waals surface area contributed by atoms with Crippen LogP contribution in [0.3, 0.4) is 0 Å². The van der Waals surface area contributed by atoms with E-state index in [1.54, 1.807) is 0 Å². The lowest BCUT2D eigenvalue weighted by molar-refractivity contribution is 0.669. The van der Waals surface area contributed by atoms with Crippen molar-refractivity contribution >= 4 is 17.6 Å². The van der Waals surface area contributed by atoms with Crippen LogP contribution in [0, 0.1) is 6.92 Å². The van der Waals surface area contributed by atoms with Crippen LogP contribution >= 0.6 is 11.8 Å². The molecule has 0 saturated heterocycles. The number of nitrogen functional groups attached to an aromatic ring is 1. The normalized spacial score (nSPS) is 10.5. The molecule has 4 heteroatoms. The molecule has 1 aromatic heterocycles.